The topological polar surface area (TPSA) is 103 Å². The van der Waals surface area contributed by atoms with Crippen molar-refractivity contribution in [2.45, 2.75) is 42.1 Å². The molecule has 1 aromatic heterocycles. The Kier molecular flexibility index (Phi) is 10.7. The number of thioether (sulfide) groups is 1. The normalized spacial score (nSPS) is 16.0. The number of carbonyl (C=O) groups is 3. The number of piperazine rings is 1. The van der Waals surface area contributed by atoms with Gasteiger partial charge in [-0.05, 0) is 79.1 Å². The van der Waals surface area contributed by atoms with E-state index < -0.39 is 22.9 Å². The maximum absolute atomic E-state index is 14.0. The summed E-state index contributed by atoms with van der Waals surface area (Å²) in [5.41, 5.74) is -3.12. The average Bonchev–Trinajstić information content (AvgIpc) is 3.11. The molecule has 1 N–H and O–H groups in total. The number of anilines is 1. The van der Waals surface area contributed by atoms with Crippen LogP contribution in [0.5, 0.6) is 0 Å². The summed E-state index contributed by atoms with van der Waals surface area (Å²) in [4.78, 5) is 59.2. The first-order valence-electron chi connectivity index (χ1n) is 16.3. The van der Waals surface area contributed by atoms with E-state index in [9.17, 15) is 32.3 Å². The lowest BCUT2D eigenvalue weighted by Crippen LogP contribution is -2.56. The van der Waals surface area contributed by atoms with E-state index in [4.69, 9.17) is 16.0 Å². The molecular weight excluding hydrogens is 693 g/mol. The lowest BCUT2D eigenvalue weighted by Gasteiger charge is -2.38. The first-order valence-corrected chi connectivity index (χ1v) is 17.5. The predicted molar refractivity (Wildman–Crippen MR) is 186 cm³/mol. The van der Waals surface area contributed by atoms with Crippen molar-refractivity contribution in [3.63, 3.8) is 0 Å². The third-order valence-corrected chi connectivity index (χ3v) is 9.80. The van der Waals surface area contributed by atoms with Crippen LogP contribution in [0.4, 0.5) is 18.9 Å². The Morgan fingerprint density at radius 3 is 2.26 bits per heavy atom. The van der Waals surface area contributed by atoms with Gasteiger partial charge < -0.3 is 24.4 Å². The van der Waals surface area contributed by atoms with Gasteiger partial charge >= 0.3 is 5.51 Å². The van der Waals surface area contributed by atoms with Crippen LogP contribution in [0, 0.1) is 0 Å². The van der Waals surface area contributed by atoms with Crippen LogP contribution in [0.2, 0.25) is 5.02 Å². The SMILES string of the molecule is O=C(NC(Cc1ccc(Cl)cc1)C(=O)N1CCN(c2ccccc2C(=O)N2CCCCC2)CC1)c1cc(=O)c2cc(SC(F)(F)F)ccc2o1. The molecule has 0 saturated carbocycles. The van der Waals surface area contributed by atoms with Gasteiger partial charge in [0, 0.05) is 67.4 Å². The van der Waals surface area contributed by atoms with Crippen molar-refractivity contribution in [1.82, 2.24) is 15.1 Å². The maximum Gasteiger partial charge on any atom is 0.446 e. The molecule has 50 heavy (non-hydrogen) atoms. The molecule has 3 amide bonds. The molecule has 6 rings (SSSR count). The second-order valence-corrected chi connectivity index (χ2v) is 13.8. The fourth-order valence-corrected chi connectivity index (χ4v) is 7.02. The summed E-state index contributed by atoms with van der Waals surface area (Å²) in [6.45, 7) is 3.07. The zero-order valence-electron chi connectivity index (χ0n) is 26.9. The molecule has 0 bridgehead atoms. The van der Waals surface area contributed by atoms with E-state index in [1.165, 1.54) is 6.07 Å². The number of nitrogens with one attached hydrogen (secondary N) is 1. The van der Waals surface area contributed by atoms with Crippen LogP contribution < -0.4 is 15.6 Å². The van der Waals surface area contributed by atoms with Crippen molar-refractivity contribution in [1.29, 1.82) is 0 Å². The molecule has 3 aromatic carbocycles. The minimum absolute atomic E-state index is 0.00512. The molecule has 1 atom stereocenters. The van der Waals surface area contributed by atoms with Gasteiger partial charge in [-0.25, -0.2) is 0 Å². The van der Waals surface area contributed by atoms with E-state index >= 15 is 0 Å². The summed E-state index contributed by atoms with van der Waals surface area (Å²) in [5, 5.41) is 3.11. The maximum atomic E-state index is 14.0. The summed E-state index contributed by atoms with van der Waals surface area (Å²) in [6, 6.07) is 17.6. The van der Waals surface area contributed by atoms with Gasteiger partial charge in [-0.3, -0.25) is 19.2 Å². The minimum Gasteiger partial charge on any atom is -0.451 e. The molecule has 14 heteroatoms. The third kappa shape index (κ3) is 8.44. The Hall–Kier alpha value is -4.49. The fourth-order valence-electron chi connectivity index (χ4n) is 6.32. The summed E-state index contributed by atoms with van der Waals surface area (Å²) in [7, 11) is 0. The zero-order chi connectivity index (χ0) is 35.4. The first-order chi connectivity index (χ1) is 23.9. The molecule has 2 aliphatic heterocycles. The number of piperidine rings is 1. The monoisotopic (exact) mass is 726 g/mol. The highest BCUT2D eigenvalue weighted by atomic mass is 35.5. The molecule has 0 aliphatic carbocycles. The fraction of sp³-hybridized carbons (Fsp3) is 0.333. The third-order valence-electron chi connectivity index (χ3n) is 8.82. The summed E-state index contributed by atoms with van der Waals surface area (Å²) >= 11 is 5.71. The highest BCUT2D eigenvalue weighted by Crippen LogP contribution is 2.37. The molecule has 2 fully saturated rings. The standard InChI is InChI=1S/C36H34ClF3N4O5S/c37-24-10-8-23(9-11-24)20-28(41-33(46)32-22-30(45)27-21-25(50-36(38,39)40)12-13-31(27)49-32)35(48)44-18-16-42(17-19-44)29-7-3-2-6-26(29)34(47)43-14-4-1-5-15-43/h2-3,6-13,21-22,28H,1,4-5,14-20H2,(H,41,46). The summed E-state index contributed by atoms with van der Waals surface area (Å²) < 4.78 is 44.2. The molecule has 3 heterocycles. The number of hydrogen-bond donors (Lipinski definition) is 1. The van der Waals surface area contributed by atoms with Crippen molar-refractivity contribution in [3.05, 3.63) is 105 Å². The predicted octanol–water partition coefficient (Wildman–Crippen LogP) is 6.37. The molecule has 9 nitrogen and oxygen atoms in total. The Morgan fingerprint density at radius 1 is 0.860 bits per heavy atom. The van der Waals surface area contributed by atoms with Crippen LogP contribution in [-0.4, -0.2) is 78.3 Å². The van der Waals surface area contributed by atoms with Gasteiger partial charge in [0.25, 0.3) is 11.8 Å². The second-order valence-electron chi connectivity index (χ2n) is 12.2. The van der Waals surface area contributed by atoms with Gasteiger partial charge in [0.1, 0.15) is 11.6 Å². The van der Waals surface area contributed by atoms with Crippen LogP contribution >= 0.6 is 23.4 Å². The molecular formula is C36H34ClF3N4O5S. The molecule has 2 aliphatic rings. The van der Waals surface area contributed by atoms with Gasteiger partial charge in [0.05, 0.1) is 10.9 Å². The van der Waals surface area contributed by atoms with Crippen LogP contribution in [0.1, 0.15) is 45.7 Å². The number of para-hydroxylation sites is 1. The van der Waals surface area contributed by atoms with Crippen LogP contribution in [-0.2, 0) is 11.2 Å². The van der Waals surface area contributed by atoms with Crippen molar-refractivity contribution in [2.75, 3.05) is 44.2 Å². The summed E-state index contributed by atoms with van der Waals surface area (Å²) in [6.07, 6.45) is 3.21. The molecule has 0 spiro atoms. The van der Waals surface area contributed by atoms with E-state index in [1.54, 1.807) is 29.2 Å². The van der Waals surface area contributed by atoms with Crippen molar-refractivity contribution in [3.8, 4) is 0 Å². The van der Waals surface area contributed by atoms with Gasteiger partial charge in [0.2, 0.25) is 5.91 Å². The van der Waals surface area contributed by atoms with E-state index in [1.807, 2.05) is 29.2 Å². The van der Waals surface area contributed by atoms with Gasteiger partial charge in [0.15, 0.2) is 11.2 Å². The smallest absolute Gasteiger partial charge is 0.446 e. The first kappa shape index (κ1) is 35.3. The van der Waals surface area contributed by atoms with E-state index in [0.29, 0.717) is 36.8 Å². The lowest BCUT2D eigenvalue weighted by atomic mass is 10.0. The Morgan fingerprint density at radius 2 is 1.56 bits per heavy atom. The number of alkyl halides is 3. The van der Waals surface area contributed by atoms with Gasteiger partial charge in [-0.15, -0.1) is 0 Å². The van der Waals surface area contributed by atoms with Gasteiger partial charge in [-0.1, -0.05) is 35.9 Å². The van der Waals surface area contributed by atoms with E-state index in [-0.39, 0.29) is 51.6 Å². The number of rotatable bonds is 8. The molecule has 2 saturated heterocycles. The highest BCUT2D eigenvalue weighted by molar-refractivity contribution is 8.00. The van der Waals surface area contributed by atoms with Gasteiger partial charge in [-0.2, -0.15) is 13.2 Å². The van der Waals surface area contributed by atoms with E-state index in [2.05, 4.69) is 10.2 Å². The van der Waals surface area contributed by atoms with Crippen molar-refractivity contribution >= 4 is 57.7 Å². The van der Waals surface area contributed by atoms with Crippen LogP contribution in [0.3, 0.4) is 0 Å². The Labute approximate surface area is 295 Å². The number of amides is 3. The second kappa shape index (κ2) is 15.2. The Bertz CT molecular complexity index is 1940. The molecule has 0 radical (unpaired) electrons. The quantitative estimate of drug-likeness (QED) is 0.211. The van der Waals surface area contributed by atoms with Crippen molar-refractivity contribution < 1.29 is 32.0 Å². The largest absolute Gasteiger partial charge is 0.451 e. The number of fused-ring (bicyclic) bond motifs is 1. The van der Waals surface area contributed by atoms with Crippen LogP contribution in [0.15, 0.2) is 86.9 Å². The molecule has 4 aromatic rings. The van der Waals surface area contributed by atoms with Crippen LogP contribution in [0.25, 0.3) is 11.0 Å². The number of carbonyl (C=O) groups excluding carboxylic acids is 3. The Balaban J connectivity index is 1.18. The minimum atomic E-state index is -4.54. The highest BCUT2D eigenvalue weighted by Gasteiger charge is 2.32. The number of likely N-dealkylation sites (tertiary alicyclic amines) is 1. The molecule has 262 valence electrons. The van der Waals surface area contributed by atoms with Crippen molar-refractivity contribution in [2.24, 2.45) is 0 Å². The van der Waals surface area contributed by atoms with E-state index in [0.717, 1.165) is 61.8 Å². The number of halogens is 4. The lowest BCUT2D eigenvalue weighted by molar-refractivity contribution is -0.133. The average molecular weight is 727 g/mol. The number of benzene rings is 3. The number of hydrogen-bond acceptors (Lipinski definition) is 7. The zero-order valence-corrected chi connectivity index (χ0v) is 28.5. The summed E-state index contributed by atoms with van der Waals surface area (Å²) in [5.74, 6) is -1.55. The molecule has 1 unspecified atom stereocenters. The number of nitrogens with zero attached hydrogens (tertiary/aromatic N) is 3.